The predicted molar refractivity (Wildman–Crippen MR) is 53.6 cm³/mol. The van der Waals surface area contributed by atoms with E-state index in [-0.39, 0.29) is 23.7 Å². The summed E-state index contributed by atoms with van der Waals surface area (Å²) in [5, 5.41) is 27.8. The third-order valence-electron chi connectivity index (χ3n) is 2.02. The molecule has 1 aromatic rings. The fourth-order valence-electron chi connectivity index (χ4n) is 1.31. The molecule has 1 amide bonds. The third kappa shape index (κ3) is 3.05. The molecule has 0 radical (unpaired) electrons. The molecule has 0 aliphatic rings. The van der Waals surface area contributed by atoms with Gasteiger partial charge in [-0.1, -0.05) is 0 Å². The molecule has 5 heteroatoms. The van der Waals surface area contributed by atoms with E-state index in [2.05, 4.69) is 0 Å². The van der Waals surface area contributed by atoms with E-state index >= 15 is 0 Å². The van der Waals surface area contributed by atoms with Gasteiger partial charge >= 0.3 is 0 Å². The number of hydrogen-bond donors (Lipinski definition) is 4. The Morgan fingerprint density at radius 1 is 1.27 bits per heavy atom. The summed E-state index contributed by atoms with van der Waals surface area (Å²) in [5.41, 5.74) is 5.35. The molecule has 1 aromatic carbocycles. The molecule has 0 unspecified atom stereocenters. The summed E-state index contributed by atoms with van der Waals surface area (Å²) in [6.45, 7) is 0. The van der Waals surface area contributed by atoms with Crippen LogP contribution in [0.2, 0.25) is 0 Å². The minimum absolute atomic E-state index is 0.126. The highest BCUT2D eigenvalue weighted by atomic mass is 16.3. The van der Waals surface area contributed by atoms with Crippen LogP contribution in [0.25, 0.3) is 0 Å². The topological polar surface area (TPSA) is 104 Å². The maximum atomic E-state index is 10.5. The predicted octanol–water partition coefficient (Wildman–Crippen LogP) is 0.611. The van der Waals surface area contributed by atoms with Crippen LogP contribution < -0.4 is 5.73 Å². The zero-order valence-electron chi connectivity index (χ0n) is 8.10. The van der Waals surface area contributed by atoms with Gasteiger partial charge in [0, 0.05) is 18.1 Å². The second-order valence-corrected chi connectivity index (χ2v) is 3.29. The summed E-state index contributed by atoms with van der Waals surface area (Å²) in [5.74, 6) is -1.18. The Morgan fingerprint density at radius 2 is 1.93 bits per heavy atom. The van der Waals surface area contributed by atoms with Crippen LogP contribution in [0, 0.1) is 0 Å². The van der Waals surface area contributed by atoms with Gasteiger partial charge in [0.15, 0.2) is 11.5 Å². The summed E-state index contributed by atoms with van der Waals surface area (Å²) in [4.78, 5) is 10.5. The molecule has 0 bridgehead atoms. The van der Waals surface area contributed by atoms with Crippen LogP contribution in [0.3, 0.4) is 0 Å². The molecule has 0 aliphatic carbocycles. The number of carbonyl (C=O) groups excluding carboxylic acids is 1. The first-order chi connectivity index (χ1) is 7.00. The van der Waals surface area contributed by atoms with Gasteiger partial charge in [-0.05, 0) is 18.9 Å². The lowest BCUT2D eigenvalue weighted by atomic mass is 10.1. The van der Waals surface area contributed by atoms with Crippen molar-refractivity contribution >= 4 is 5.91 Å². The van der Waals surface area contributed by atoms with Gasteiger partial charge in [-0.15, -0.1) is 0 Å². The highest BCUT2D eigenvalue weighted by molar-refractivity contribution is 5.73. The Labute approximate surface area is 86.8 Å². The van der Waals surface area contributed by atoms with E-state index in [9.17, 15) is 15.0 Å². The first-order valence-corrected chi connectivity index (χ1v) is 4.53. The molecule has 5 N–H and O–H groups in total. The zero-order chi connectivity index (χ0) is 11.4. The zero-order valence-corrected chi connectivity index (χ0v) is 8.10. The van der Waals surface area contributed by atoms with Crippen LogP contribution in [0.1, 0.15) is 18.4 Å². The van der Waals surface area contributed by atoms with Crippen molar-refractivity contribution in [3.63, 3.8) is 0 Å². The molecule has 0 saturated carbocycles. The van der Waals surface area contributed by atoms with Gasteiger partial charge in [0.05, 0.1) is 0 Å². The first-order valence-electron chi connectivity index (χ1n) is 4.53. The SMILES string of the molecule is NC(=O)CCCc1cc(O)cc(O)c1O. The molecule has 0 heterocycles. The van der Waals surface area contributed by atoms with Crippen LogP contribution >= 0.6 is 0 Å². The monoisotopic (exact) mass is 211 g/mol. The highest BCUT2D eigenvalue weighted by Crippen LogP contribution is 2.33. The number of hydrogen-bond acceptors (Lipinski definition) is 4. The molecule has 0 fully saturated rings. The second-order valence-electron chi connectivity index (χ2n) is 3.29. The van der Waals surface area contributed by atoms with Crippen molar-refractivity contribution in [2.45, 2.75) is 19.3 Å². The van der Waals surface area contributed by atoms with E-state index in [4.69, 9.17) is 10.8 Å². The number of nitrogens with two attached hydrogens (primary N) is 1. The number of phenols is 3. The Hall–Kier alpha value is -1.91. The van der Waals surface area contributed by atoms with E-state index in [1.54, 1.807) is 0 Å². The molecule has 5 nitrogen and oxygen atoms in total. The molecule has 1 rings (SSSR count). The van der Waals surface area contributed by atoms with Crippen LogP contribution in [0.4, 0.5) is 0 Å². The van der Waals surface area contributed by atoms with Crippen molar-refractivity contribution in [1.29, 1.82) is 0 Å². The molecule has 0 aliphatic heterocycles. The van der Waals surface area contributed by atoms with Crippen LogP contribution in [-0.2, 0) is 11.2 Å². The van der Waals surface area contributed by atoms with Gasteiger partial charge in [-0.2, -0.15) is 0 Å². The number of carbonyl (C=O) groups is 1. The summed E-state index contributed by atoms with van der Waals surface area (Å²) >= 11 is 0. The van der Waals surface area contributed by atoms with Crippen molar-refractivity contribution in [2.24, 2.45) is 5.73 Å². The molecule has 0 saturated heterocycles. The first kappa shape index (κ1) is 11.2. The largest absolute Gasteiger partial charge is 0.508 e. The Morgan fingerprint density at radius 3 is 2.53 bits per heavy atom. The van der Waals surface area contributed by atoms with Crippen molar-refractivity contribution in [3.8, 4) is 17.2 Å². The van der Waals surface area contributed by atoms with Crippen molar-refractivity contribution in [2.75, 3.05) is 0 Å². The van der Waals surface area contributed by atoms with Gasteiger partial charge in [0.2, 0.25) is 5.91 Å². The van der Waals surface area contributed by atoms with Crippen LogP contribution in [0.15, 0.2) is 12.1 Å². The van der Waals surface area contributed by atoms with E-state index in [0.29, 0.717) is 18.4 Å². The number of aromatic hydroxyl groups is 3. The fourth-order valence-corrected chi connectivity index (χ4v) is 1.31. The minimum Gasteiger partial charge on any atom is -0.508 e. The highest BCUT2D eigenvalue weighted by Gasteiger charge is 2.08. The van der Waals surface area contributed by atoms with Gasteiger partial charge in [0.1, 0.15) is 5.75 Å². The summed E-state index contributed by atoms with van der Waals surface area (Å²) in [7, 11) is 0. The second kappa shape index (κ2) is 4.54. The third-order valence-corrected chi connectivity index (χ3v) is 2.02. The average molecular weight is 211 g/mol. The molecule has 0 atom stereocenters. The minimum atomic E-state index is -0.418. The number of benzene rings is 1. The number of primary amides is 1. The summed E-state index contributed by atoms with van der Waals surface area (Å²) in [6.07, 6.45) is 1.04. The van der Waals surface area contributed by atoms with Gasteiger partial charge in [-0.3, -0.25) is 4.79 Å². The summed E-state index contributed by atoms with van der Waals surface area (Å²) in [6, 6.07) is 2.39. The van der Waals surface area contributed by atoms with E-state index < -0.39 is 5.91 Å². The quantitative estimate of drug-likeness (QED) is 0.432. The van der Waals surface area contributed by atoms with E-state index in [1.165, 1.54) is 6.07 Å². The molecular weight excluding hydrogens is 198 g/mol. The van der Waals surface area contributed by atoms with Crippen molar-refractivity contribution < 1.29 is 20.1 Å². The Balaban J connectivity index is 2.72. The summed E-state index contributed by atoms with van der Waals surface area (Å²) < 4.78 is 0. The lowest BCUT2D eigenvalue weighted by Gasteiger charge is -2.06. The normalized spacial score (nSPS) is 10.1. The van der Waals surface area contributed by atoms with Gasteiger partial charge in [-0.25, -0.2) is 0 Å². The van der Waals surface area contributed by atoms with Crippen LogP contribution in [0.5, 0.6) is 17.2 Å². The maximum absolute atomic E-state index is 10.5. The number of rotatable bonds is 4. The van der Waals surface area contributed by atoms with Crippen molar-refractivity contribution in [1.82, 2.24) is 0 Å². The number of aryl methyl sites for hydroxylation is 1. The van der Waals surface area contributed by atoms with Gasteiger partial charge in [0.25, 0.3) is 0 Å². The van der Waals surface area contributed by atoms with E-state index in [0.717, 1.165) is 6.07 Å². The maximum Gasteiger partial charge on any atom is 0.217 e. The molecular formula is C10H13NO4. The molecule has 0 aromatic heterocycles. The van der Waals surface area contributed by atoms with Crippen LogP contribution in [-0.4, -0.2) is 21.2 Å². The average Bonchev–Trinajstić information content (AvgIpc) is 2.12. The molecule has 82 valence electrons. The molecule has 15 heavy (non-hydrogen) atoms. The lowest BCUT2D eigenvalue weighted by molar-refractivity contribution is -0.118. The van der Waals surface area contributed by atoms with E-state index in [1.807, 2.05) is 0 Å². The fraction of sp³-hybridized carbons (Fsp3) is 0.300. The lowest BCUT2D eigenvalue weighted by Crippen LogP contribution is -2.10. The molecule has 0 spiro atoms. The Bertz CT molecular complexity index is 376. The van der Waals surface area contributed by atoms with Crippen molar-refractivity contribution in [3.05, 3.63) is 17.7 Å². The number of amides is 1. The number of phenolic OH excluding ortho intramolecular Hbond substituents is 3. The van der Waals surface area contributed by atoms with Gasteiger partial charge < -0.3 is 21.1 Å². The smallest absolute Gasteiger partial charge is 0.217 e. The Kier molecular flexibility index (Phi) is 3.38. The standard InChI is InChI=1S/C10H13NO4/c11-9(14)3-1-2-6-4-7(12)5-8(13)10(6)15/h4-5,12-13,15H,1-3H2,(H2,11,14).